The van der Waals surface area contributed by atoms with Crippen LogP contribution in [0.3, 0.4) is 0 Å². The number of aryl methyl sites for hydroxylation is 1. The second kappa shape index (κ2) is 7.01. The molecule has 4 heterocycles. The number of fused-ring (bicyclic) bond motifs is 3. The van der Waals surface area contributed by atoms with E-state index in [1.54, 1.807) is 14.2 Å². The highest BCUT2D eigenvalue weighted by Gasteiger charge is 2.18. The minimum atomic E-state index is -0.0764. The van der Waals surface area contributed by atoms with Gasteiger partial charge in [0.25, 0.3) is 16.7 Å². The van der Waals surface area contributed by atoms with Crippen molar-refractivity contribution in [1.29, 1.82) is 0 Å². The number of methoxy groups -OCH3 is 1. The first kappa shape index (κ1) is 17.9. The van der Waals surface area contributed by atoms with Crippen molar-refractivity contribution in [2.75, 3.05) is 7.11 Å². The van der Waals surface area contributed by atoms with Gasteiger partial charge in [0.05, 0.1) is 23.9 Å². The van der Waals surface area contributed by atoms with Crippen LogP contribution < -0.4 is 10.3 Å². The summed E-state index contributed by atoms with van der Waals surface area (Å²) >= 11 is 2.76. The van der Waals surface area contributed by atoms with Crippen molar-refractivity contribution in [3.8, 4) is 17.2 Å². The molecule has 5 rings (SSSR count). The summed E-state index contributed by atoms with van der Waals surface area (Å²) in [5.74, 6) is 2.70. The van der Waals surface area contributed by atoms with Gasteiger partial charge in [-0.1, -0.05) is 23.9 Å². The Labute approximate surface area is 172 Å². The summed E-state index contributed by atoms with van der Waals surface area (Å²) < 4.78 is 15.2. The molecule has 0 aliphatic carbocycles. The molecule has 0 radical (unpaired) electrons. The molecule has 5 aromatic rings. The highest BCUT2D eigenvalue weighted by molar-refractivity contribution is 7.98. The molecule has 9 nitrogen and oxygen atoms in total. The van der Waals surface area contributed by atoms with Crippen LogP contribution in [0.5, 0.6) is 5.75 Å². The molecule has 0 saturated heterocycles. The zero-order valence-corrected chi connectivity index (χ0v) is 17.0. The fraction of sp³-hybridized carbons (Fsp3) is 0.167. The average Bonchev–Trinajstić information content (AvgIpc) is 3.49. The van der Waals surface area contributed by atoms with Gasteiger partial charge in [0.1, 0.15) is 16.3 Å². The second-order valence-corrected chi connectivity index (χ2v) is 7.96. The summed E-state index contributed by atoms with van der Waals surface area (Å²) in [6.45, 7) is 0. The van der Waals surface area contributed by atoms with Crippen LogP contribution in [0, 0.1) is 0 Å². The number of para-hydroxylation sites is 1. The number of aromatic nitrogens is 6. The maximum Gasteiger partial charge on any atom is 0.277 e. The fourth-order valence-corrected chi connectivity index (χ4v) is 4.60. The van der Waals surface area contributed by atoms with Crippen LogP contribution in [0.1, 0.15) is 5.82 Å². The number of thioether (sulfide) groups is 1. The fourth-order valence-electron chi connectivity index (χ4n) is 3.07. The highest BCUT2D eigenvalue weighted by Crippen LogP contribution is 2.31. The zero-order chi connectivity index (χ0) is 20.0. The van der Waals surface area contributed by atoms with Gasteiger partial charge in [-0.2, -0.15) is 0 Å². The van der Waals surface area contributed by atoms with Crippen molar-refractivity contribution in [3.63, 3.8) is 0 Å². The van der Waals surface area contributed by atoms with E-state index in [1.165, 1.54) is 27.7 Å². The summed E-state index contributed by atoms with van der Waals surface area (Å²) in [5, 5.41) is 19.0. The normalized spacial score (nSPS) is 11.5. The number of thiophene rings is 1. The molecule has 0 bridgehead atoms. The summed E-state index contributed by atoms with van der Waals surface area (Å²) in [6, 6.07) is 9.36. The first-order chi connectivity index (χ1) is 14.2. The number of hydrogen-bond donors (Lipinski definition) is 0. The first-order valence-corrected chi connectivity index (χ1v) is 10.4. The van der Waals surface area contributed by atoms with Gasteiger partial charge in [-0.15, -0.1) is 31.7 Å². The van der Waals surface area contributed by atoms with E-state index in [9.17, 15) is 4.79 Å². The number of ether oxygens (including phenoxy) is 1. The van der Waals surface area contributed by atoms with Crippen molar-refractivity contribution in [1.82, 2.24) is 29.4 Å². The molecule has 29 heavy (non-hydrogen) atoms. The van der Waals surface area contributed by atoms with Crippen LogP contribution in [-0.4, -0.2) is 36.5 Å². The molecule has 11 heteroatoms. The van der Waals surface area contributed by atoms with Crippen LogP contribution >= 0.6 is 23.1 Å². The highest BCUT2D eigenvalue weighted by atomic mass is 32.2. The molecule has 0 N–H and O–H groups in total. The SMILES string of the molecule is COc1ccccc1-c1nnc(SCc2nnc3n(C)c(=O)c4sccc4n23)o1. The zero-order valence-electron chi connectivity index (χ0n) is 15.4. The monoisotopic (exact) mass is 426 g/mol. The molecule has 1 aromatic carbocycles. The summed E-state index contributed by atoms with van der Waals surface area (Å²) in [7, 11) is 3.29. The summed E-state index contributed by atoms with van der Waals surface area (Å²) in [6.07, 6.45) is 0. The van der Waals surface area contributed by atoms with Gasteiger partial charge in [0.15, 0.2) is 0 Å². The lowest BCUT2D eigenvalue weighted by molar-refractivity contribution is 0.411. The Morgan fingerprint density at radius 2 is 2.03 bits per heavy atom. The summed E-state index contributed by atoms with van der Waals surface area (Å²) in [5.41, 5.74) is 1.46. The number of benzene rings is 1. The molecule has 0 aliphatic heterocycles. The average molecular weight is 426 g/mol. The van der Waals surface area contributed by atoms with Gasteiger partial charge in [-0.25, -0.2) is 0 Å². The van der Waals surface area contributed by atoms with Gasteiger partial charge >= 0.3 is 0 Å². The van der Waals surface area contributed by atoms with Gasteiger partial charge in [0.2, 0.25) is 5.78 Å². The quantitative estimate of drug-likeness (QED) is 0.396. The lowest BCUT2D eigenvalue weighted by atomic mass is 10.2. The third-order valence-corrected chi connectivity index (χ3v) is 6.17. The topological polar surface area (TPSA) is 100 Å². The molecule has 0 saturated carbocycles. The predicted molar refractivity (Wildman–Crippen MR) is 109 cm³/mol. The van der Waals surface area contributed by atoms with E-state index in [0.29, 0.717) is 38.9 Å². The number of nitrogens with zero attached hydrogens (tertiary/aromatic N) is 6. The number of hydrogen-bond acceptors (Lipinski definition) is 9. The van der Waals surface area contributed by atoms with Crippen molar-refractivity contribution < 1.29 is 9.15 Å². The van der Waals surface area contributed by atoms with Crippen molar-refractivity contribution in [2.24, 2.45) is 7.05 Å². The van der Waals surface area contributed by atoms with E-state index in [2.05, 4.69) is 20.4 Å². The van der Waals surface area contributed by atoms with Gasteiger partial charge in [0, 0.05) is 7.05 Å². The van der Waals surface area contributed by atoms with Crippen LogP contribution in [0.4, 0.5) is 0 Å². The predicted octanol–water partition coefficient (Wildman–Crippen LogP) is 2.99. The molecule has 146 valence electrons. The second-order valence-electron chi connectivity index (χ2n) is 6.11. The van der Waals surface area contributed by atoms with E-state index in [-0.39, 0.29) is 5.56 Å². The van der Waals surface area contributed by atoms with Gasteiger partial charge in [-0.05, 0) is 23.6 Å². The van der Waals surface area contributed by atoms with E-state index in [1.807, 2.05) is 40.1 Å². The Morgan fingerprint density at radius 1 is 1.17 bits per heavy atom. The lowest BCUT2D eigenvalue weighted by Gasteiger charge is -2.04. The molecule has 0 atom stereocenters. The van der Waals surface area contributed by atoms with E-state index < -0.39 is 0 Å². The Bertz CT molecular complexity index is 1400. The van der Waals surface area contributed by atoms with E-state index >= 15 is 0 Å². The molecule has 0 fully saturated rings. The lowest BCUT2D eigenvalue weighted by Crippen LogP contribution is -2.19. The number of rotatable bonds is 5. The van der Waals surface area contributed by atoms with Crippen molar-refractivity contribution >= 4 is 39.1 Å². The summed E-state index contributed by atoms with van der Waals surface area (Å²) in [4.78, 5) is 12.4. The van der Waals surface area contributed by atoms with E-state index in [4.69, 9.17) is 9.15 Å². The Hall–Kier alpha value is -3.18. The Balaban J connectivity index is 1.46. The molecule has 0 amide bonds. The van der Waals surface area contributed by atoms with Crippen LogP contribution in [0.25, 0.3) is 27.4 Å². The van der Waals surface area contributed by atoms with Crippen LogP contribution in [0.2, 0.25) is 0 Å². The largest absolute Gasteiger partial charge is 0.496 e. The Morgan fingerprint density at radius 3 is 2.90 bits per heavy atom. The van der Waals surface area contributed by atoms with E-state index in [0.717, 1.165) is 11.1 Å². The molecule has 0 aliphatic rings. The van der Waals surface area contributed by atoms with Crippen molar-refractivity contribution in [3.05, 3.63) is 51.9 Å². The third-order valence-electron chi connectivity index (χ3n) is 4.47. The maximum atomic E-state index is 12.4. The first-order valence-electron chi connectivity index (χ1n) is 8.57. The standard InChI is InChI=1S/C18H14N6O3S2/c1-23-16(25)14-11(7-8-28-14)24-13(19-21-17(23)24)9-29-18-22-20-15(27-18)10-5-3-4-6-12(10)26-2/h3-8H,9H2,1-2H3. The van der Waals surface area contributed by atoms with Gasteiger partial charge < -0.3 is 9.15 Å². The maximum absolute atomic E-state index is 12.4. The molecular weight excluding hydrogens is 412 g/mol. The Kier molecular flexibility index (Phi) is 4.32. The van der Waals surface area contributed by atoms with Crippen LogP contribution in [-0.2, 0) is 12.8 Å². The molecule has 0 unspecified atom stereocenters. The molecule has 4 aromatic heterocycles. The minimum Gasteiger partial charge on any atom is -0.496 e. The van der Waals surface area contributed by atoms with Crippen molar-refractivity contribution in [2.45, 2.75) is 11.0 Å². The van der Waals surface area contributed by atoms with Gasteiger partial charge in [-0.3, -0.25) is 13.8 Å². The third kappa shape index (κ3) is 2.89. The van der Waals surface area contributed by atoms with Crippen LogP contribution in [0.15, 0.2) is 50.1 Å². The minimum absolute atomic E-state index is 0.0764. The smallest absolute Gasteiger partial charge is 0.277 e. The molecular formula is C18H14N6O3S2. The molecule has 0 spiro atoms.